The second kappa shape index (κ2) is 3.50. The Morgan fingerprint density at radius 3 is 2.42 bits per heavy atom. The summed E-state index contributed by atoms with van der Waals surface area (Å²) in [6.45, 7) is 1.90. The van der Waals surface area contributed by atoms with Crippen LogP contribution in [0.4, 0.5) is 0 Å². The zero-order valence-corrected chi connectivity index (χ0v) is 7.16. The van der Waals surface area contributed by atoms with Crippen LogP contribution in [0.1, 0.15) is 18.9 Å². The Morgan fingerprint density at radius 1 is 1.42 bits per heavy atom. The fourth-order valence-electron chi connectivity index (χ4n) is 1.10. The Labute approximate surface area is 72.4 Å². The summed E-state index contributed by atoms with van der Waals surface area (Å²) in [5.74, 6) is 0. The molecule has 0 fully saturated rings. The summed E-state index contributed by atoms with van der Waals surface area (Å²) in [6.07, 6.45) is 1.43. The highest BCUT2D eigenvalue weighted by atomic mass is 16.1. The highest BCUT2D eigenvalue weighted by Crippen LogP contribution is 2.18. The summed E-state index contributed by atoms with van der Waals surface area (Å²) < 4.78 is 0. The summed E-state index contributed by atoms with van der Waals surface area (Å²) >= 11 is 0. The predicted molar refractivity (Wildman–Crippen MR) is 48.7 cm³/mol. The van der Waals surface area contributed by atoms with Gasteiger partial charge in [0.05, 0.1) is 5.54 Å². The average molecular weight is 163 g/mol. The lowest BCUT2D eigenvalue weighted by molar-refractivity contribution is -0.112. The SMILES string of the molecule is CC[C@](N)(C=O)c1ccccc1. The molecule has 0 saturated carbocycles. The molecule has 1 aromatic carbocycles. The van der Waals surface area contributed by atoms with Gasteiger partial charge in [-0.1, -0.05) is 37.3 Å². The van der Waals surface area contributed by atoms with E-state index < -0.39 is 5.54 Å². The van der Waals surface area contributed by atoms with Crippen LogP contribution >= 0.6 is 0 Å². The Hall–Kier alpha value is -1.15. The molecule has 2 N–H and O–H groups in total. The summed E-state index contributed by atoms with van der Waals surface area (Å²) in [6, 6.07) is 9.42. The predicted octanol–water partition coefficient (Wildman–Crippen LogP) is 1.45. The molecule has 0 aliphatic carbocycles. The van der Waals surface area contributed by atoms with Crippen molar-refractivity contribution in [2.45, 2.75) is 18.9 Å². The Bertz CT molecular complexity index is 258. The molecule has 1 atom stereocenters. The molecular weight excluding hydrogens is 150 g/mol. The molecule has 0 heterocycles. The molecule has 0 amide bonds. The maximum atomic E-state index is 10.7. The molecular formula is C10H13NO. The van der Waals surface area contributed by atoms with Crippen LogP contribution in [0.25, 0.3) is 0 Å². The van der Waals surface area contributed by atoms with Gasteiger partial charge in [0.15, 0.2) is 0 Å². The number of nitrogens with two attached hydrogens (primary N) is 1. The molecule has 0 aromatic heterocycles. The fraction of sp³-hybridized carbons (Fsp3) is 0.300. The lowest BCUT2D eigenvalue weighted by atomic mass is 9.90. The molecule has 12 heavy (non-hydrogen) atoms. The molecule has 2 nitrogen and oxygen atoms in total. The van der Waals surface area contributed by atoms with Crippen molar-refractivity contribution >= 4 is 6.29 Å². The molecule has 2 heteroatoms. The van der Waals surface area contributed by atoms with Crippen LogP contribution in [-0.4, -0.2) is 6.29 Å². The number of carbonyl (C=O) groups is 1. The maximum Gasteiger partial charge on any atom is 0.144 e. The van der Waals surface area contributed by atoms with Crippen molar-refractivity contribution < 1.29 is 4.79 Å². The summed E-state index contributed by atoms with van der Waals surface area (Å²) in [7, 11) is 0. The van der Waals surface area contributed by atoms with Gasteiger partial charge in [-0.3, -0.25) is 0 Å². The third-order valence-corrected chi connectivity index (χ3v) is 2.11. The summed E-state index contributed by atoms with van der Waals surface area (Å²) in [5, 5.41) is 0. The van der Waals surface area contributed by atoms with Crippen molar-refractivity contribution in [3.63, 3.8) is 0 Å². The maximum absolute atomic E-state index is 10.7. The minimum absolute atomic E-state index is 0.626. The first-order valence-corrected chi connectivity index (χ1v) is 4.03. The largest absolute Gasteiger partial charge is 0.316 e. The molecule has 0 aliphatic heterocycles. The van der Waals surface area contributed by atoms with E-state index >= 15 is 0 Å². The number of hydrogen-bond acceptors (Lipinski definition) is 2. The average Bonchev–Trinajstić information content (AvgIpc) is 2.18. The number of rotatable bonds is 3. The smallest absolute Gasteiger partial charge is 0.144 e. The van der Waals surface area contributed by atoms with Gasteiger partial charge in [0.1, 0.15) is 6.29 Å². The zero-order valence-electron chi connectivity index (χ0n) is 7.16. The number of hydrogen-bond donors (Lipinski definition) is 1. The first kappa shape index (κ1) is 8.94. The Morgan fingerprint density at radius 2 is 2.00 bits per heavy atom. The first-order valence-electron chi connectivity index (χ1n) is 4.03. The number of carbonyl (C=O) groups excluding carboxylic acids is 1. The van der Waals surface area contributed by atoms with Gasteiger partial charge in [0.25, 0.3) is 0 Å². The van der Waals surface area contributed by atoms with Crippen LogP contribution in [0, 0.1) is 0 Å². The van der Waals surface area contributed by atoms with Gasteiger partial charge in [0, 0.05) is 0 Å². The third kappa shape index (κ3) is 1.53. The Balaban J connectivity index is 3.03. The normalized spacial score (nSPS) is 15.2. The molecule has 1 rings (SSSR count). The topological polar surface area (TPSA) is 43.1 Å². The molecule has 0 unspecified atom stereocenters. The van der Waals surface area contributed by atoms with Gasteiger partial charge >= 0.3 is 0 Å². The molecule has 1 aromatic rings. The number of aldehydes is 1. The van der Waals surface area contributed by atoms with Crippen molar-refractivity contribution in [2.24, 2.45) is 5.73 Å². The van der Waals surface area contributed by atoms with Crippen LogP contribution in [0.5, 0.6) is 0 Å². The van der Waals surface area contributed by atoms with Gasteiger partial charge in [0.2, 0.25) is 0 Å². The van der Waals surface area contributed by atoms with E-state index in [1.165, 1.54) is 0 Å². The van der Waals surface area contributed by atoms with E-state index in [1.54, 1.807) is 0 Å². The lowest BCUT2D eigenvalue weighted by Gasteiger charge is -2.20. The van der Waals surface area contributed by atoms with Crippen molar-refractivity contribution in [3.05, 3.63) is 35.9 Å². The monoisotopic (exact) mass is 163 g/mol. The minimum Gasteiger partial charge on any atom is -0.316 e. The van der Waals surface area contributed by atoms with Crippen molar-refractivity contribution in [1.29, 1.82) is 0 Å². The number of benzene rings is 1. The third-order valence-electron chi connectivity index (χ3n) is 2.11. The van der Waals surface area contributed by atoms with E-state index in [0.717, 1.165) is 11.8 Å². The van der Waals surface area contributed by atoms with Crippen molar-refractivity contribution in [1.82, 2.24) is 0 Å². The molecule has 0 spiro atoms. The van der Waals surface area contributed by atoms with Crippen LogP contribution in [0.3, 0.4) is 0 Å². The molecule has 0 radical (unpaired) electrons. The van der Waals surface area contributed by atoms with Gasteiger partial charge in [-0.25, -0.2) is 0 Å². The summed E-state index contributed by atoms with van der Waals surface area (Å²) in [5.41, 5.74) is 5.92. The molecule has 0 bridgehead atoms. The molecule has 0 aliphatic rings. The second-order valence-corrected chi connectivity index (χ2v) is 2.88. The first-order chi connectivity index (χ1) is 5.73. The van der Waals surface area contributed by atoms with E-state index in [0.29, 0.717) is 6.42 Å². The fourth-order valence-corrected chi connectivity index (χ4v) is 1.10. The van der Waals surface area contributed by atoms with E-state index in [-0.39, 0.29) is 0 Å². The quantitative estimate of drug-likeness (QED) is 0.685. The standard InChI is InChI=1S/C10H13NO/c1-2-10(11,8-12)9-6-4-3-5-7-9/h3-8H,2,11H2,1H3/t10-/m0/s1. The van der Waals surface area contributed by atoms with Gasteiger partial charge < -0.3 is 10.5 Å². The highest BCUT2D eigenvalue weighted by Gasteiger charge is 2.23. The Kier molecular flexibility index (Phi) is 2.61. The van der Waals surface area contributed by atoms with E-state index in [4.69, 9.17) is 5.73 Å². The van der Waals surface area contributed by atoms with Crippen LogP contribution in [0.15, 0.2) is 30.3 Å². The van der Waals surface area contributed by atoms with E-state index in [1.807, 2.05) is 37.3 Å². The van der Waals surface area contributed by atoms with Gasteiger partial charge in [-0.05, 0) is 12.0 Å². The lowest BCUT2D eigenvalue weighted by Crippen LogP contribution is -2.37. The van der Waals surface area contributed by atoms with E-state index in [9.17, 15) is 4.79 Å². The highest BCUT2D eigenvalue weighted by molar-refractivity contribution is 5.67. The molecule has 0 saturated heterocycles. The van der Waals surface area contributed by atoms with E-state index in [2.05, 4.69) is 0 Å². The minimum atomic E-state index is -0.804. The van der Waals surface area contributed by atoms with Gasteiger partial charge in [-0.2, -0.15) is 0 Å². The zero-order chi connectivity index (χ0) is 9.03. The molecule has 64 valence electrons. The van der Waals surface area contributed by atoms with Crippen LogP contribution < -0.4 is 5.73 Å². The summed E-state index contributed by atoms with van der Waals surface area (Å²) in [4.78, 5) is 10.7. The van der Waals surface area contributed by atoms with Crippen LogP contribution in [0.2, 0.25) is 0 Å². The van der Waals surface area contributed by atoms with Crippen LogP contribution in [-0.2, 0) is 10.3 Å². The van der Waals surface area contributed by atoms with Crippen molar-refractivity contribution in [2.75, 3.05) is 0 Å². The second-order valence-electron chi connectivity index (χ2n) is 2.88. The van der Waals surface area contributed by atoms with Crippen molar-refractivity contribution in [3.8, 4) is 0 Å². The van der Waals surface area contributed by atoms with Gasteiger partial charge in [-0.15, -0.1) is 0 Å².